The molecular weight excluding hydrogens is 242 g/mol. The number of carbonyl (C=O) groups is 1. The van der Waals surface area contributed by atoms with Crippen molar-refractivity contribution in [2.45, 2.75) is 58.6 Å². The molecule has 2 heterocycles. The predicted molar refractivity (Wildman–Crippen MR) is 73.2 cm³/mol. The van der Waals surface area contributed by atoms with Crippen molar-refractivity contribution in [1.29, 1.82) is 0 Å². The number of nitrogens with zero attached hydrogens (tertiary/aromatic N) is 1. The summed E-state index contributed by atoms with van der Waals surface area (Å²) >= 11 is 0. The topological polar surface area (TPSA) is 53.7 Å². The van der Waals surface area contributed by atoms with Crippen LogP contribution in [0.5, 0.6) is 0 Å². The number of aryl methyl sites for hydroxylation is 2. The van der Waals surface area contributed by atoms with Crippen molar-refractivity contribution in [2.24, 2.45) is 0 Å². The molecule has 106 valence electrons. The normalized spacial score (nSPS) is 20.1. The van der Waals surface area contributed by atoms with Gasteiger partial charge in [-0.15, -0.1) is 0 Å². The van der Waals surface area contributed by atoms with Crippen LogP contribution in [0.15, 0.2) is 10.5 Å². The second-order valence-electron chi connectivity index (χ2n) is 5.89. The van der Waals surface area contributed by atoms with Crippen molar-refractivity contribution in [3.63, 3.8) is 0 Å². The molecule has 0 aromatic carbocycles. The van der Waals surface area contributed by atoms with Gasteiger partial charge >= 0.3 is 0 Å². The molecule has 1 aliphatic rings. The smallest absolute Gasteiger partial charge is 0.290 e. The van der Waals surface area contributed by atoms with Gasteiger partial charge in [-0.3, -0.25) is 4.79 Å². The first-order chi connectivity index (χ1) is 8.84. The van der Waals surface area contributed by atoms with Gasteiger partial charge in [0.05, 0.1) is 11.6 Å². The Morgan fingerprint density at radius 1 is 1.58 bits per heavy atom. The number of aliphatic hydroxyl groups is 1. The molecular formula is C15H23NO3. The molecule has 1 aliphatic heterocycles. The van der Waals surface area contributed by atoms with Gasteiger partial charge in [0.1, 0.15) is 5.76 Å². The number of amides is 1. The van der Waals surface area contributed by atoms with E-state index in [1.807, 2.05) is 19.9 Å². The van der Waals surface area contributed by atoms with Crippen molar-refractivity contribution in [2.75, 3.05) is 6.54 Å². The van der Waals surface area contributed by atoms with Crippen LogP contribution in [-0.4, -0.2) is 34.1 Å². The van der Waals surface area contributed by atoms with E-state index in [1.54, 1.807) is 18.7 Å². The van der Waals surface area contributed by atoms with Crippen LogP contribution in [0.2, 0.25) is 0 Å². The highest BCUT2D eigenvalue weighted by Gasteiger charge is 2.39. The Morgan fingerprint density at radius 2 is 2.26 bits per heavy atom. The van der Waals surface area contributed by atoms with Crippen molar-refractivity contribution >= 4 is 5.91 Å². The number of likely N-dealkylation sites (tertiary alicyclic amines) is 1. The van der Waals surface area contributed by atoms with Crippen molar-refractivity contribution in [1.82, 2.24) is 4.90 Å². The molecule has 1 saturated heterocycles. The molecule has 0 aliphatic carbocycles. The molecule has 0 bridgehead atoms. The predicted octanol–water partition coefficient (Wildman–Crippen LogP) is 2.53. The van der Waals surface area contributed by atoms with Crippen molar-refractivity contribution in [3.8, 4) is 0 Å². The summed E-state index contributed by atoms with van der Waals surface area (Å²) in [4.78, 5) is 14.3. The number of hydrogen-bond acceptors (Lipinski definition) is 3. The SMILES string of the molecule is CCc1cc(C)c(C(=O)N2CCC[C@H]2C(C)(C)O)o1. The van der Waals surface area contributed by atoms with Gasteiger partial charge in [-0.1, -0.05) is 6.92 Å². The van der Waals surface area contributed by atoms with E-state index in [0.29, 0.717) is 12.3 Å². The molecule has 2 rings (SSSR count). The maximum atomic E-state index is 12.6. The van der Waals surface area contributed by atoms with Gasteiger partial charge in [0.15, 0.2) is 5.76 Å². The second kappa shape index (κ2) is 5.00. The third-order valence-electron chi connectivity index (χ3n) is 3.84. The number of hydrogen-bond donors (Lipinski definition) is 1. The van der Waals surface area contributed by atoms with Crippen molar-refractivity contribution < 1.29 is 14.3 Å². The fourth-order valence-electron chi connectivity index (χ4n) is 2.81. The highest BCUT2D eigenvalue weighted by atomic mass is 16.4. The summed E-state index contributed by atoms with van der Waals surface area (Å²) in [6, 6.07) is 1.79. The zero-order valence-electron chi connectivity index (χ0n) is 12.2. The van der Waals surface area contributed by atoms with Crippen LogP contribution in [0.3, 0.4) is 0 Å². The van der Waals surface area contributed by atoms with Crippen LogP contribution in [0.1, 0.15) is 55.5 Å². The molecule has 0 radical (unpaired) electrons. The highest BCUT2D eigenvalue weighted by molar-refractivity contribution is 5.93. The van der Waals surface area contributed by atoms with E-state index in [1.165, 1.54) is 0 Å². The van der Waals surface area contributed by atoms with E-state index in [9.17, 15) is 9.90 Å². The fourth-order valence-corrected chi connectivity index (χ4v) is 2.81. The van der Waals surface area contributed by atoms with E-state index in [0.717, 1.165) is 30.6 Å². The van der Waals surface area contributed by atoms with E-state index in [-0.39, 0.29) is 11.9 Å². The highest BCUT2D eigenvalue weighted by Crippen LogP contribution is 2.29. The first-order valence-electron chi connectivity index (χ1n) is 6.97. The number of carbonyl (C=O) groups excluding carboxylic acids is 1. The van der Waals surface area contributed by atoms with Gasteiger partial charge in [0.2, 0.25) is 0 Å². The van der Waals surface area contributed by atoms with E-state index in [2.05, 4.69) is 0 Å². The molecule has 0 unspecified atom stereocenters. The summed E-state index contributed by atoms with van der Waals surface area (Å²) in [7, 11) is 0. The minimum atomic E-state index is -0.875. The Balaban J connectivity index is 2.25. The monoisotopic (exact) mass is 265 g/mol. The molecule has 1 atom stereocenters. The Hall–Kier alpha value is -1.29. The summed E-state index contributed by atoms with van der Waals surface area (Å²) in [5.41, 5.74) is 0.00325. The lowest BCUT2D eigenvalue weighted by Crippen LogP contribution is -2.48. The molecule has 1 amide bonds. The molecule has 1 aromatic rings. The van der Waals surface area contributed by atoms with Gasteiger partial charge in [-0.25, -0.2) is 0 Å². The second-order valence-corrected chi connectivity index (χ2v) is 5.89. The first-order valence-corrected chi connectivity index (χ1v) is 6.97. The lowest BCUT2D eigenvalue weighted by molar-refractivity contribution is -0.000847. The summed E-state index contributed by atoms with van der Waals surface area (Å²) in [6.07, 6.45) is 2.56. The third kappa shape index (κ3) is 2.68. The largest absolute Gasteiger partial charge is 0.456 e. The van der Waals surface area contributed by atoms with Crippen LogP contribution in [0, 0.1) is 6.92 Å². The van der Waals surface area contributed by atoms with Gasteiger partial charge in [-0.05, 0) is 39.7 Å². The zero-order valence-corrected chi connectivity index (χ0v) is 12.2. The molecule has 1 N–H and O–H groups in total. The molecule has 19 heavy (non-hydrogen) atoms. The van der Waals surface area contributed by atoms with Gasteiger partial charge in [0.25, 0.3) is 5.91 Å². The lowest BCUT2D eigenvalue weighted by Gasteiger charge is -2.33. The zero-order chi connectivity index (χ0) is 14.2. The van der Waals surface area contributed by atoms with Crippen LogP contribution in [-0.2, 0) is 6.42 Å². The maximum Gasteiger partial charge on any atom is 0.290 e. The van der Waals surface area contributed by atoms with Crippen LogP contribution < -0.4 is 0 Å². The van der Waals surface area contributed by atoms with Gasteiger partial charge in [0, 0.05) is 18.5 Å². The minimum absolute atomic E-state index is 0.0955. The molecule has 0 saturated carbocycles. The fraction of sp³-hybridized carbons (Fsp3) is 0.667. The Kier molecular flexibility index (Phi) is 3.72. The maximum absolute atomic E-state index is 12.6. The summed E-state index contributed by atoms with van der Waals surface area (Å²) in [6.45, 7) is 8.10. The standard InChI is InChI=1S/C15H23NO3/c1-5-11-9-10(2)13(19-11)14(17)16-8-6-7-12(16)15(3,4)18/h9,12,18H,5-8H2,1-4H3/t12-/m0/s1. The summed E-state index contributed by atoms with van der Waals surface area (Å²) in [5.74, 6) is 1.16. The average molecular weight is 265 g/mol. The number of rotatable bonds is 3. The number of furan rings is 1. The average Bonchev–Trinajstić information content (AvgIpc) is 2.93. The molecule has 1 fully saturated rings. The lowest BCUT2D eigenvalue weighted by atomic mass is 9.96. The quantitative estimate of drug-likeness (QED) is 0.913. The van der Waals surface area contributed by atoms with Gasteiger partial charge < -0.3 is 14.4 Å². The van der Waals surface area contributed by atoms with Crippen LogP contribution in [0.25, 0.3) is 0 Å². The van der Waals surface area contributed by atoms with Crippen molar-refractivity contribution in [3.05, 3.63) is 23.2 Å². The van der Waals surface area contributed by atoms with E-state index >= 15 is 0 Å². The minimum Gasteiger partial charge on any atom is -0.456 e. The Morgan fingerprint density at radius 3 is 2.79 bits per heavy atom. The molecule has 1 aromatic heterocycles. The van der Waals surface area contributed by atoms with E-state index < -0.39 is 5.60 Å². The van der Waals surface area contributed by atoms with Crippen LogP contribution >= 0.6 is 0 Å². The first kappa shape index (κ1) is 14.1. The third-order valence-corrected chi connectivity index (χ3v) is 3.84. The Bertz CT molecular complexity index is 470. The van der Waals surface area contributed by atoms with E-state index in [4.69, 9.17) is 4.42 Å². The molecule has 4 nitrogen and oxygen atoms in total. The summed E-state index contributed by atoms with van der Waals surface area (Å²) < 4.78 is 5.63. The van der Waals surface area contributed by atoms with Crippen LogP contribution in [0.4, 0.5) is 0 Å². The van der Waals surface area contributed by atoms with Gasteiger partial charge in [-0.2, -0.15) is 0 Å². The molecule has 0 spiro atoms. The Labute approximate surface area is 114 Å². The summed E-state index contributed by atoms with van der Waals surface area (Å²) in [5, 5.41) is 10.2. The molecule has 4 heteroatoms.